The number of carbonyl (C=O) groups is 1. The maximum Gasteiger partial charge on any atom is 0.416 e. The van der Waals surface area contributed by atoms with Crippen molar-refractivity contribution in [2.75, 3.05) is 24.1 Å². The summed E-state index contributed by atoms with van der Waals surface area (Å²) in [5.41, 5.74) is 4.82. The lowest BCUT2D eigenvalue weighted by Gasteiger charge is -2.25. The van der Waals surface area contributed by atoms with E-state index in [2.05, 4.69) is 5.32 Å². The summed E-state index contributed by atoms with van der Waals surface area (Å²) in [4.78, 5) is 14.0. The molecule has 21 heavy (non-hydrogen) atoms. The molecule has 1 aromatic carbocycles. The number of nitrogens with one attached hydrogen (secondary N) is 1. The zero-order valence-electron chi connectivity index (χ0n) is 12.3. The van der Waals surface area contributed by atoms with Crippen LogP contribution >= 0.6 is 0 Å². The van der Waals surface area contributed by atoms with E-state index in [4.69, 9.17) is 5.73 Å². The SMILES string of the molecule is CCN(CC)C(C)C(=O)Nc1ccc(C(F)(F)F)cc1N. The van der Waals surface area contributed by atoms with Crippen molar-refractivity contribution in [1.29, 1.82) is 0 Å². The Morgan fingerprint density at radius 1 is 1.33 bits per heavy atom. The standard InChI is InChI=1S/C14H20F3N3O/c1-4-20(5-2)9(3)13(21)19-12-7-6-10(8-11(12)18)14(15,16)17/h6-9H,4-5,18H2,1-3H3,(H,19,21). The number of halogens is 3. The number of likely N-dealkylation sites (N-methyl/N-ethyl adjacent to an activating group) is 1. The van der Waals surface area contributed by atoms with Crippen LogP contribution in [0.4, 0.5) is 24.5 Å². The van der Waals surface area contributed by atoms with Crippen LogP contribution in [0.1, 0.15) is 26.3 Å². The Morgan fingerprint density at radius 3 is 2.33 bits per heavy atom. The van der Waals surface area contributed by atoms with Gasteiger partial charge in [0, 0.05) is 0 Å². The van der Waals surface area contributed by atoms with Gasteiger partial charge in [0.2, 0.25) is 5.91 Å². The van der Waals surface area contributed by atoms with Crippen LogP contribution in [0.25, 0.3) is 0 Å². The normalized spacial score (nSPS) is 13.3. The number of nitrogen functional groups attached to an aromatic ring is 1. The van der Waals surface area contributed by atoms with E-state index in [0.717, 1.165) is 12.1 Å². The van der Waals surface area contributed by atoms with Crippen molar-refractivity contribution in [3.63, 3.8) is 0 Å². The van der Waals surface area contributed by atoms with Crippen molar-refractivity contribution < 1.29 is 18.0 Å². The highest BCUT2D eigenvalue weighted by Crippen LogP contribution is 2.32. The summed E-state index contributed by atoms with van der Waals surface area (Å²) in [6, 6.07) is 2.50. The minimum absolute atomic E-state index is 0.107. The zero-order chi connectivity index (χ0) is 16.2. The molecule has 1 rings (SSSR count). The number of alkyl halides is 3. The van der Waals surface area contributed by atoms with Crippen molar-refractivity contribution in [1.82, 2.24) is 4.90 Å². The molecule has 4 nitrogen and oxygen atoms in total. The van der Waals surface area contributed by atoms with Crippen LogP contribution in [0.15, 0.2) is 18.2 Å². The van der Waals surface area contributed by atoms with Gasteiger partial charge in [-0.2, -0.15) is 13.2 Å². The maximum absolute atomic E-state index is 12.5. The minimum atomic E-state index is -4.45. The quantitative estimate of drug-likeness (QED) is 0.822. The molecular formula is C14H20F3N3O. The molecular weight excluding hydrogens is 283 g/mol. The number of hydrogen-bond acceptors (Lipinski definition) is 3. The second kappa shape index (κ2) is 6.80. The third-order valence-electron chi connectivity index (χ3n) is 3.38. The molecule has 1 amide bonds. The van der Waals surface area contributed by atoms with Crippen LogP contribution < -0.4 is 11.1 Å². The molecule has 0 spiro atoms. The summed E-state index contributed by atoms with van der Waals surface area (Å²) in [6.45, 7) is 7.00. The van der Waals surface area contributed by atoms with Crippen molar-refractivity contribution in [3.05, 3.63) is 23.8 Å². The van der Waals surface area contributed by atoms with Gasteiger partial charge in [-0.3, -0.25) is 9.69 Å². The summed E-state index contributed by atoms with van der Waals surface area (Å²) < 4.78 is 37.6. The molecule has 7 heteroatoms. The molecule has 1 unspecified atom stereocenters. The molecule has 3 N–H and O–H groups in total. The van der Waals surface area contributed by atoms with Crippen molar-refractivity contribution in [2.45, 2.75) is 33.0 Å². The monoisotopic (exact) mass is 303 g/mol. The van der Waals surface area contributed by atoms with Gasteiger partial charge < -0.3 is 11.1 Å². The molecule has 118 valence electrons. The van der Waals surface area contributed by atoms with Gasteiger partial charge in [0.15, 0.2) is 0 Å². The van der Waals surface area contributed by atoms with Crippen molar-refractivity contribution in [3.8, 4) is 0 Å². The van der Waals surface area contributed by atoms with E-state index in [9.17, 15) is 18.0 Å². The highest BCUT2D eigenvalue weighted by Gasteiger charge is 2.31. The first kappa shape index (κ1) is 17.3. The average Bonchev–Trinajstić information content (AvgIpc) is 2.41. The van der Waals surface area contributed by atoms with Crippen molar-refractivity contribution >= 4 is 17.3 Å². The number of carbonyl (C=O) groups excluding carboxylic acids is 1. The van der Waals surface area contributed by atoms with E-state index < -0.39 is 11.7 Å². The average molecular weight is 303 g/mol. The number of nitrogens with two attached hydrogens (primary N) is 1. The van der Waals surface area contributed by atoms with Crippen LogP contribution in [-0.2, 0) is 11.0 Å². The Morgan fingerprint density at radius 2 is 1.90 bits per heavy atom. The Kier molecular flexibility index (Phi) is 5.60. The van der Waals surface area contributed by atoms with Gasteiger partial charge in [-0.15, -0.1) is 0 Å². The molecule has 0 aromatic heterocycles. The summed E-state index contributed by atoms with van der Waals surface area (Å²) in [7, 11) is 0. The molecule has 0 aliphatic carbocycles. The predicted octanol–water partition coefficient (Wildman–Crippen LogP) is 2.96. The molecule has 1 aromatic rings. The topological polar surface area (TPSA) is 58.4 Å². The molecule has 1 atom stereocenters. The predicted molar refractivity (Wildman–Crippen MR) is 76.9 cm³/mol. The number of anilines is 2. The molecule has 0 radical (unpaired) electrons. The number of hydrogen-bond donors (Lipinski definition) is 2. The van der Waals surface area contributed by atoms with Gasteiger partial charge in [-0.1, -0.05) is 13.8 Å². The number of benzene rings is 1. The van der Waals surface area contributed by atoms with E-state index >= 15 is 0 Å². The van der Waals surface area contributed by atoms with Crippen molar-refractivity contribution in [2.24, 2.45) is 0 Å². The molecule has 0 aliphatic heterocycles. The fourth-order valence-electron chi connectivity index (χ4n) is 2.03. The molecule has 0 heterocycles. The second-order valence-corrected chi connectivity index (χ2v) is 4.69. The van der Waals surface area contributed by atoms with E-state index in [1.54, 1.807) is 6.92 Å². The van der Waals surface area contributed by atoms with E-state index in [1.807, 2.05) is 18.7 Å². The lowest BCUT2D eigenvalue weighted by Crippen LogP contribution is -2.41. The fourth-order valence-corrected chi connectivity index (χ4v) is 2.03. The highest BCUT2D eigenvalue weighted by molar-refractivity contribution is 5.97. The summed E-state index contributed by atoms with van der Waals surface area (Å²) >= 11 is 0. The van der Waals surface area contributed by atoms with Gasteiger partial charge in [0.25, 0.3) is 0 Å². The van der Waals surface area contributed by atoms with Gasteiger partial charge in [-0.25, -0.2) is 0 Å². The first-order valence-electron chi connectivity index (χ1n) is 6.72. The zero-order valence-corrected chi connectivity index (χ0v) is 12.3. The largest absolute Gasteiger partial charge is 0.416 e. The Bertz CT molecular complexity index is 499. The van der Waals surface area contributed by atoms with Crippen LogP contribution in [0.2, 0.25) is 0 Å². The van der Waals surface area contributed by atoms with Gasteiger partial charge in [-0.05, 0) is 38.2 Å². The molecule has 0 aliphatic rings. The summed E-state index contributed by atoms with van der Waals surface area (Å²) in [5, 5.41) is 2.56. The Balaban J connectivity index is 2.87. The van der Waals surface area contributed by atoms with Gasteiger partial charge in [0.05, 0.1) is 23.0 Å². The van der Waals surface area contributed by atoms with E-state index in [1.165, 1.54) is 6.07 Å². The number of rotatable bonds is 5. The third-order valence-corrected chi connectivity index (χ3v) is 3.38. The minimum Gasteiger partial charge on any atom is -0.397 e. The molecule has 0 saturated carbocycles. The molecule has 0 bridgehead atoms. The van der Waals surface area contributed by atoms with Crippen LogP contribution in [0, 0.1) is 0 Å². The Hall–Kier alpha value is -1.76. The maximum atomic E-state index is 12.5. The Labute approximate surface area is 122 Å². The molecule has 0 fully saturated rings. The molecule has 0 saturated heterocycles. The highest BCUT2D eigenvalue weighted by atomic mass is 19.4. The van der Waals surface area contributed by atoms with Gasteiger partial charge in [0.1, 0.15) is 0 Å². The number of nitrogens with zero attached hydrogens (tertiary/aromatic N) is 1. The summed E-state index contributed by atoms with van der Waals surface area (Å²) in [6.07, 6.45) is -4.45. The number of amides is 1. The van der Waals surface area contributed by atoms with E-state index in [0.29, 0.717) is 13.1 Å². The van der Waals surface area contributed by atoms with Crippen LogP contribution in [-0.4, -0.2) is 29.9 Å². The summed E-state index contributed by atoms with van der Waals surface area (Å²) in [5.74, 6) is -0.301. The smallest absolute Gasteiger partial charge is 0.397 e. The fraction of sp³-hybridized carbons (Fsp3) is 0.500. The lowest BCUT2D eigenvalue weighted by molar-refractivity contribution is -0.137. The third kappa shape index (κ3) is 4.35. The van der Waals surface area contributed by atoms with Crippen LogP contribution in [0.3, 0.4) is 0 Å². The first-order valence-corrected chi connectivity index (χ1v) is 6.72. The lowest BCUT2D eigenvalue weighted by atomic mass is 10.1. The van der Waals surface area contributed by atoms with E-state index in [-0.39, 0.29) is 23.3 Å². The second-order valence-electron chi connectivity index (χ2n) is 4.69. The first-order chi connectivity index (χ1) is 9.70. The van der Waals surface area contributed by atoms with Crippen LogP contribution in [0.5, 0.6) is 0 Å². The van der Waals surface area contributed by atoms with Gasteiger partial charge >= 0.3 is 6.18 Å².